The lowest BCUT2D eigenvalue weighted by atomic mass is 9.75. The third-order valence-electron chi connectivity index (χ3n) is 6.39. The third-order valence-corrected chi connectivity index (χ3v) is 6.39. The first-order valence-electron chi connectivity index (χ1n) is 10.7. The Labute approximate surface area is 174 Å². The van der Waals surface area contributed by atoms with Crippen LogP contribution in [-0.4, -0.2) is 55.1 Å². The van der Waals surface area contributed by atoms with Crippen LogP contribution in [0, 0.1) is 11.8 Å². The molecule has 5 rings (SSSR count). The van der Waals surface area contributed by atoms with Crippen molar-refractivity contribution in [3.05, 3.63) is 66.2 Å². The molecule has 0 aromatic heterocycles. The van der Waals surface area contributed by atoms with Crippen LogP contribution in [0.2, 0.25) is 0 Å². The molecule has 2 bridgehead atoms. The highest BCUT2D eigenvalue weighted by Gasteiger charge is 2.40. The largest absolute Gasteiger partial charge is 0.336 e. The van der Waals surface area contributed by atoms with Crippen LogP contribution in [-0.2, 0) is 6.54 Å². The molecule has 3 aliphatic rings. The fourth-order valence-corrected chi connectivity index (χ4v) is 4.94. The van der Waals surface area contributed by atoms with Crippen molar-refractivity contribution < 1.29 is 4.79 Å². The van der Waals surface area contributed by atoms with Crippen LogP contribution in [0.3, 0.4) is 0 Å². The van der Waals surface area contributed by atoms with Crippen LogP contribution in [0.4, 0.5) is 10.5 Å². The molecule has 0 radical (unpaired) electrons. The van der Waals surface area contributed by atoms with E-state index in [1.807, 2.05) is 30.3 Å². The zero-order valence-electron chi connectivity index (χ0n) is 17.3. The molecular weight excluding hydrogens is 360 g/mol. The maximum atomic E-state index is 12.2. The molecular formula is C24H32N4O. The molecule has 0 aliphatic carbocycles. The van der Waals surface area contributed by atoms with E-state index < -0.39 is 0 Å². The summed E-state index contributed by atoms with van der Waals surface area (Å²) in [7, 11) is 2.23. The normalized spacial score (nSPS) is 25.7. The summed E-state index contributed by atoms with van der Waals surface area (Å²) in [6.07, 6.45) is 2.48. The van der Waals surface area contributed by atoms with Crippen molar-refractivity contribution in [1.82, 2.24) is 15.1 Å². The van der Waals surface area contributed by atoms with Gasteiger partial charge in [0.15, 0.2) is 0 Å². The monoisotopic (exact) mass is 392 g/mol. The maximum absolute atomic E-state index is 12.2. The summed E-state index contributed by atoms with van der Waals surface area (Å²) in [5, 5.41) is 5.98. The Hall–Kier alpha value is -2.37. The molecule has 0 spiro atoms. The highest BCUT2D eigenvalue weighted by atomic mass is 16.2. The van der Waals surface area contributed by atoms with Crippen LogP contribution in [0.1, 0.15) is 18.4 Å². The summed E-state index contributed by atoms with van der Waals surface area (Å²) < 4.78 is 0. The molecule has 3 aliphatic heterocycles. The van der Waals surface area contributed by atoms with Crippen LogP contribution >= 0.6 is 0 Å². The number of hydrogen-bond donors (Lipinski definition) is 2. The van der Waals surface area contributed by atoms with Crippen LogP contribution in [0.5, 0.6) is 0 Å². The Morgan fingerprint density at radius 3 is 2.52 bits per heavy atom. The summed E-state index contributed by atoms with van der Waals surface area (Å²) in [5.41, 5.74) is 2.21. The van der Waals surface area contributed by atoms with Crippen molar-refractivity contribution in [3.8, 4) is 0 Å². The van der Waals surface area contributed by atoms with Crippen molar-refractivity contribution in [2.45, 2.75) is 25.4 Å². The van der Waals surface area contributed by atoms with Gasteiger partial charge < -0.3 is 15.5 Å². The Kier molecular flexibility index (Phi) is 6.47. The van der Waals surface area contributed by atoms with Crippen LogP contribution in [0.25, 0.3) is 0 Å². The van der Waals surface area contributed by atoms with Gasteiger partial charge in [0.1, 0.15) is 0 Å². The van der Waals surface area contributed by atoms with Crippen LogP contribution in [0.15, 0.2) is 60.7 Å². The van der Waals surface area contributed by atoms with E-state index in [-0.39, 0.29) is 6.03 Å². The molecule has 3 saturated heterocycles. The summed E-state index contributed by atoms with van der Waals surface area (Å²) in [6, 6.07) is 20.7. The van der Waals surface area contributed by atoms with Gasteiger partial charge in [0, 0.05) is 37.9 Å². The second kappa shape index (κ2) is 9.42. The smallest absolute Gasteiger partial charge is 0.319 e. The number of anilines is 1. The third kappa shape index (κ3) is 5.37. The van der Waals surface area contributed by atoms with E-state index >= 15 is 0 Å². The Bertz CT molecular complexity index is 782. The molecule has 4 atom stereocenters. The molecule has 3 fully saturated rings. The number of carbonyl (C=O) groups excluding carboxylic acids is 1. The molecule has 1 unspecified atom stereocenters. The lowest BCUT2D eigenvalue weighted by molar-refractivity contribution is -0.00889. The molecule has 3 heterocycles. The number of rotatable bonds is 7. The Morgan fingerprint density at radius 1 is 1.10 bits per heavy atom. The average molecular weight is 393 g/mol. The van der Waals surface area contributed by atoms with Gasteiger partial charge in [-0.3, -0.25) is 4.90 Å². The summed E-state index contributed by atoms with van der Waals surface area (Å²) >= 11 is 0. The molecule has 2 N–H and O–H groups in total. The SMILES string of the molecule is CN(Cc1ccccc1)C[C@@H]1CN2CC[C@H]1C[C@@H]2CNC(=O)Nc1ccccc1. The van der Waals surface area contributed by atoms with Crippen molar-refractivity contribution in [2.75, 3.05) is 38.5 Å². The number of nitrogens with zero attached hydrogens (tertiary/aromatic N) is 2. The first kappa shape index (κ1) is 19.9. The summed E-state index contributed by atoms with van der Waals surface area (Å²) in [6.45, 7) is 5.19. The highest BCUT2D eigenvalue weighted by molar-refractivity contribution is 5.89. The van der Waals surface area contributed by atoms with E-state index in [0.29, 0.717) is 6.04 Å². The average Bonchev–Trinajstić information content (AvgIpc) is 2.74. The number of piperidine rings is 3. The molecule has 154 valence electrons. The first-order chi connectivity index (χ1) is 14.2. The number of nitrogens with one attached hydrogen (secondary N) is 2. The first-order valence-corrected chi connectivity index (χ1v) is 10.7. The van der Waals surface area contributed by atoms with Gasteiger partial charge in [0.2, 0.25) is 0 Å². The standard InChI is InChI=1S/C24H32N4O/c1-27(16-19-8-4-2-5-9-19)17-21-18-28-13-12-20(21)14-23(28)15-25-24(29)26-22-10-6-3-7-11-22/h2-11,20-21,23H,12-18H2,1H3,(H2,25,26,29)/t20-,21+,23+/m0/s1. The van der Waals surface area contributed by atoms with Gasteiger partial charge in [-0.15, -0.1) is 0 Å². The van der Waals surface area contributed by atoms with Gasteiger partial charge in [-0.2, -0.15) is 0 Å². The fourth-order valence-electron chi connectivity index (χ4n) is 4.94. The number of fused-ring (bicyclic) bond motifs is 3. The number of carbonyl (C=O) groups is 1. The maximum Gasteiger partial charge on any atom is 0.319 e. The number of para-hydroxylation sites is 1. The quantitative estimate of drug-likeness (QED) is 0.756. The summed E-state index contributed by atoms with van der Waals surface area (Å²) in [4.78, 5) is 17.2. The van der Waals surface area contributed by atoms with Crippen molar-refractivity contribution in [3.63, 3.8) is 0 Å². The van der Waals surface area contributed by atoms with Gasteiger partial charge in [-0.25, -0.2) is 4.79 Å². The van der Waals surface area contributed by atoms with E-state index in [1.54, 1.807) is 0 Å². The van der Waals surface area contributed by atoms with Gasteiger partial charge in [0.05, 0.1) is 0 Å². The molecule has 2 aromatic carbocycles. The van der Waals surface area contributed by atoms with E-state index in [9.17, 15) is 4.79 Å². The second-order valence-corrected chi connectivity index (χ2v) is 8.58. The van der Waals surface area contributed by atoms with Crippen molar-refractivity contribution in [1.29, 1.82) is 0 Å². The lowest BCUT2D eigenvalue weighted by Gasteiger charge is -2.50. The Balaban J connectivity index is 1.23. The van der Waals surface area contributed by atoms with Gasteiger partial charge in [0.25, 0.3) is 0 Å². The molecule has 2 aromatic rings. The zero-order valence-corrected chi connectivity index (χ0v) is 17.3. The Morgan fingerprint density at radius 2 is 1.83 bits per heavy atom. The predicted octanol–water partition coefficient (Wildman–Crippen LogP) is 3.65. The summed E-state index contributed by atoms with van der Waals surface area (Å²) in [5.74, 6) is 1.49. The lowest BCUT2D eigenvalue weighted by Crippen LogP contribution is -2.58. The van der Waals surface area contributed by atoms with Crippen molar-refractivity contribution in [2.24, 2.45) is 11.8 Å². The molecule has 2 amide bonds. The van der Waals surface area contributed by atoms with Crippen LogP contribution < -0.4 is 10.6 Å². The van der Waals surface area contributed by atoms with Gasteiger partial charge in [-0.1, -0.05) is 48.5 Å². The molecule has 29 heavy (non-hydrogen) atoms. The fraction of sp³-hybridized carbons (Fsp3) is 0.458. The molecule has 5 nitrogen and oxygen atoms in total. The minimum atomic E-state index is -0.113. The van der Waals surface area contributed by atoms with Crippen molar-refractivity contribution >= 4 is 11.7 Å². The molecule has 5 heteroatoms. The van der Waals surface area contributed by atoms with E-state index in [2.05, 4.69) is 57.8 Å². The van der Waals surface area contributed by atoms with E-state index in [4.69, 9.17) is 0 Å². The minimum Gasteiger partial charge on any atom is -0.336 e. The van der Waals surface area contributed by atoms with E-state index in [0.717, 1.165) is 50.2 Å². The number of benzene rings is 2. The number of urea groups is 1. The van der Waals surface area contributed by atoms with Gasteiger partial charge >= 0.3 is 6.03 Å². The highest BCUT2D eigenvalue weighted by Crippen LogP contribution is 2.36. The van der Waals surface area contributed by atoms with E-state index in [1.165, 1.54) is 18.4 Å². The molecule has 0 saturated carbocycles. The second-order valence-electron chi connectivity index (χ2n) is 8.58. The van der Waals surface area contributed by atoms with Gasteiger partial charge in [-0.05, 0) is 56.0 Å². The minimum absolute atomic E-state index is 0.113. The number of hydrogen-bond acceptors (Lipinski definition) is 3. The zero-order chi connectivity index (χ0) is 20.1. The topological polar surface area (TPSA) is 47.6 Å². The predicted molar refractivity (Wildman–Crippen MR) is 118 cm³/mol. The number of amides is 2.